The largest absolute Gasteiger partial charge is 0.466 e. The van der Waals surface area contributed by atoms with Gasteiger partial charge in [-0.25, -0.2) is 0 Å². The Hall–Kier alpha value is -1.06. The number of unbranched alkanes of at least 4 members (excludes halogenated alkanes) is 16. The summed E-state index contributed by atoms with van der Waals surface area (Å²) in [6.07, 6.45) is 23.8. The van der Waals surface area contributed by atoms with Gasteiger partial charge in [-0.3, -0.25) is 9.59 Å². The molecule has 0 atom stereocenters. The van der Waals surface area contributed by atoms with Gasteiger partial charge in [0.2, 0.25) is 0 Å². The van der Waals surface area contributed by atoms with Gasteiger partial charge in [-0.2, -0.15) is 0 Å². The van der Waals surface area contributed by atoms with E-state index >= 15 is 0 Å². The third kappa shape index (κ3) is 25.1. The van der Waals surface area contributed by atoms with Gasteiger partial charge >= 0.3 is 11.9 Å². The first-order valence-electron chi connectivity index (χ1n) is 13.5. The first-order chi connectivity index (χ1) is 15.2. The average molecular weight is 441 g/mol. The Morgan fingerprint density at radius 3 is 1.03 bits per heavy atom. The monoisotopic (exact) mass is 440 g/mol. The molecule has 0 rings (SSSR count). The molecule has 0 spiro atoms. The molecule has 0 amide bonds. The van der Waals surface area contributed by atoms with Gasteiger partial charge < -0.3 is 9.47 Å². The number of rotatable bonds is 24. The van der Waals surface area contributed by atoms with Crippen molar-refractivity contribution in [1.82, 2.24) is 0 Å². The standard InChI is InChI=1S/C27H52O4/c1-3-5-7-9-11-12-13-14-16-18-20-25-31-27(29)23-21-22-26(28)30-24-19-17-15-10-8-6-4-2/h3-25H2,1-2H3. The zero-order chi connectivity index (χ0) is 22.8. The molecule has 0 fully saturated rings. The van der Waals surface area contributed by atoms with Crippen molar-refractivity contribution in [1.29, 1.82) is 0 Å². The highest BCUT2D eigenvalue weighted by Crippen LogP contribution is 2.11. The molecule has 4 nitrogen and oxygen atoms in total. The van der Waals surface area contributed by atoms with Gasteiger partial charge in [0.1, 0.15) is 0 Å². The summed E-state index contributed by atoms with van der Waals surface area (Å²) < 4.78 is 10.5. The Morgan fingerprint density at radius 2 is 0.710 bits per heavy atom. The summed E-state index contributed by atoms with van der Waals surface area (Å²) in [4.78, 5) is 23.4. The summed E-state index contributed by atoms with van der Waals surface area (Å²) in [6.45, 7) is 5.50. The van der Waals surface area contributed by atoms with Crippen LogP contribution in [-0.4, -0.2) is 25.2 Å². The molecular formula is C27H52O4. The molecule has 0 aliphatic carbocycles. The van der Waals surface area contributed by atoms with Crippen molar-refractivity contribution in [3.8, 4) is 0 Å². The van der Waals surface area contributed by atoms with E-state index in [1.54, 1.807) is 0 Å². The molecule has 0 saturated carbocycles. The Labute approximate surface area is 193 Å². The van der Waals surface area contributed by atoms with Gasteiger partial charge in [0.05, 0.1) is 13.2 Å². The minimum Gasteiger partial charge on any atom is -0.466 e. The van der Waals surface area contributed by atoms with Gasteiger partial charge in [0, 0.05) is 12.8 Å². The molecule has 4 heteroatoms. The smallest absolute Gasteiger partial charge is 0.305 e. The number of ether oxygens (including phenoxy) is 2. The molecule has 0 heterocycles. The quantitative estimate of drug-likeness (QED) is 0.112. The highest BCUT2D eigenvalue weighted by Gasteiger charge is 2.07. The fourth-order valence-corrected chi connectivity index (χ4v) is 3.72. The number of hydrogen-bond donors (Lipinski definition) is 0. The third-order valence-corrected chi connectivity index (χ3v) is 5.78. The minimum absolute atomic E-state index is 0.188. The zero-order valence-electron chi connectivity index (χ0n) is 20.9. The summed E-state index contributed by atoms with van der Waals surface area (Å²) in [5.41, 5.74) is 0. The molecule has 0 aromatic heterocycles. The normalized spacial score (nSPS) is 10.9. The summed E-state index contributed by atoms with van der Waals surface area (Å²) in [7, 11) is 0. The van der Waals surface area contributed by atoms with E-state index in [-0.39, 0.29) is 11.9 Å². The van der Waals surface area contributed by atoms with E-state index in [9.17, 15) is 9.59 Å². The van der Waals surface area contributed by atoms with Gasteiger partial charge in [-0.1, -0.05) is 117 Å². The van der Waals surface area contributed by atoms with Gasteiger partial charge in [-0.15, -0.1) is 0 Å². The molecule has 0 saturated heterocycles. The first kappa shape index (κ1) is 29.9. The molecule has 0 aromatic rings. The average Bonchev–Trinajstić information content (AvgIpc) is 2.76. The van der Waals surface area contributed by atoms with Crippen LogP contribution in [0.3, 0.4) is 0 Å². The van der Waals surface area contributed by atoms with Crippen molar-refractivity contribution in [2.75, 3.05) is 13.2 Å². The van der Waals surface area contributed by atoms with Crippen LogP contribution >= 0.6 is 0 Å². The summed E-state index contributed by atoms with van der Waals surface area (Å²) >= 11 is 0. The van der Waals surface area contributed by atoms with Crippen molar-refractivity contribution >= 4 is 11.9 Å². The minimum atomic E-state index is -0.191. The highest BCUT2D eigenvalue weighted by atomic mass is 16.5. The second-order valence-electron chi connectivity index (χ2n) is 8.95. The Kier molecular flexibility index (Phi) is 24.3. The van der Waals surface area contributed by atoms with Crippen LogP contribution in [0.25, 0.3) is 0 Å². The summed E-state index contributed by atoms with van der Waals surface area (Å²) in [5.74, 6) is -0.379. The predicted molar refractivity (Wildman–Crippen MR) is 130 cm³/mol. The van der Waals surface area contributed by atoms with E-state index in [4.69, 9.17) is 9.47 Å². The maximum absolute atomic E-state index is 11.7. The van der Waals surface area contributed by atoms with Crippen LogP contribution < -0.4 is 0 Å². The van der Waals surface area contributed by atoms with E-state index in [0.29, 0.717) is 32.5 Å². The topological polar surface area (TPSA) is 52.6 Å². The van der Waals surface area contributed by atoms with Crippen molar-refractivity contribution in [3.63, 3.8) is 0 Å². The first-order valence-corrected chi connectivity index (χ1v) is 13.5. The van der Waals surface area contributed by atoms with Crippen molar-refractivity contribution in [3.05, 3.63) is 0 Å². The SMILES string of the molecule is CCCCCCCCCCCCCOC(=O)CCCC(=O)OCCCCCCCCC. The number of carbonyl (C=O) groups excluding carboxylic acids is 2. The van der Waals surface area contributed by atoms with E-state index < -0.39 is 0 Å². The molecule has 0 N–H and O–H groups in total. The van der Waals surface area contributed by atoms with Crippen molar-refractivity contribution < 1.29 is 19.1 Å². The fourth-order valence-electron chi connectivity index (χ4n) is 3.72. The molecule has 31 heavy (non-hydrogen) atoms. The molecule has 0 radical (unpaired) electrons. The number of esters is 2. The predicted octanol–water partition coefficient (Wildman–Crippen LogP) is 8.30. The Balaban J connectivity index is 3.29. The zero-order valence-corrected chi connectivity index (χ0v) is 20.9. The molecule has 0 aliphatic rings. The third-order valence-electron chi connectivity index (χ3n) is 5.78. The second-order valence-corrected chi connectivity index (χ2v) is 8.95. The molecule has 184 valence electrons. The van der Waals surface area contributed by atoms with Crippen LogP contribution in [0, 0.1) is 0 Å². The van der Waals surface area contributed by atoms with E-state index in [1.165, 1.54) is 89.9 Å². The lowest BCUT2D eigenvalue weighted by Crippen LogP contribution is -2.09. The summed E-state index contributed by atoms with van der Waals surface area (Å²) in [6, 6.07) is 0. The lowest BCUT2D eigenvalue weighted by molar-refractivity contribution is -0.145. The van der Waals surface area contributed by atoms with E-state index in [1.807, 2.05) is 0 Å². The van der Waals surface area contributed by atoms with Gasteiger partial charge in [0.25, 0.3) is 0 Å². The number of hydrogen-bond acceptors (Lipinski definition) is 4. The Morgan fingerprint density at radius 1 is 0.419 bits per heavy atom. The molecule has 0 unspecified atom stereocenters. The van der Waals surface area contributed by atoms with Crippen LogP contribution in [0.5, 0.6) is 0 Å². The van der Waals surface area contributed by atoms with Gasteiger partial charge in [0.15, 0.2) is 0 Å². The van der Waals surface area contributed by atoms with E-state index in [0.717, 1.165) is 25.7 Å². The fraction of sp³-hybridized carbons (Fsp3) is 0.926. The molecule has 0 aliphatic heterocycles. The van der Waals surface area contributed by atoms with Crippen LogP contribution in [0.1, 0.15) is 149 Å². The highest BCUT2D eigenvalue weighted by molar-refractivity contribution is 5.72. The maximum atomic E-state index is 11.7. The van der Waals surface area contributed by atoms with Crippen LogP contribution in [0.4, 0.5) is 0 Å². The van der Waals surface area contributed by atoms with Crippen LogP contribution in [0.2, 0.25) is 0 Å². The van der Waals surface area contributed by atoms with Crippen molar-refractivity contribution in [2.24, 2.45) is 0 Å². The van der Waals surface area contributed by atoms with Gasteiger partial charge in [-0.05, 0) is 19.3 Å². The lowest BCUT2D eigenvalue weighted by Gasteiger charge is -2.06. The van der Waals surface area contributed by atoms with Crippen LogP contribution in [-0.2, 0) is 19.1 Å². The van der Waals surface area contributed by atoms with Crippen LogP contribution in [0.15, 0.2) is 0 Å². The number of carbonyl (C=O) groups is 2. The second kappa shape index (κ2) is 25.2. The molecule has 0 bridgehead atoms. The molecule has 0 aromatic carbocycles. The summed E-state index contributed by atoms with van der Waals surface area (Å²) in [5, 5.41) is 0. The lowest BCUT2D eigenvalue weighted by atomic mass is 10.1. The maximum Gasteiger partial charge on any atom is 0.305 e. The van der Waals surface area contributed by atoms with Crippen molar-refractivity contribution in [2.45, 2.75) is 149 Å². The Bertz CT molecular complexity index is 395. The van der Waals surface area contributed by atoms with E-state index in [2.05, 4.69) is 13.8 Å². The molecular weight excluding hydrogens is 388 g/mol.